The first-order valence-corrected chi connectivity index (χ1v) is 9.87. The first kappa shape index (κ1) is 19.6. The summed E-state index contributed by atoms with van der Waals surface area (Å²) in [6.45, 7) is -0.272. The molecule has 0 spiro atoms. The van der Waals surface area contributed by atoms with Crippen LogP contribution < -0.4 is 4.90 Å². The van der Waals surface area contributed by atoms with Crippen molar-refractivity contribution in [2.45, 2.75) is 23.1 Å². The van der Waals surface area contributed by atoms with Crippen LogP contribution in [0.25, 0.3) is 10.2 Å². The van der Waals surface area contributed by atoms with Crippen molar-refractivity contribution in [1.82, 2.24) is 4.98 Å². The van der Waals surface area contributed by atoms with Gasteiger partial charge in [-0.2, -0.15) is 0 Å². The maximum absolute atomic E-state index is 14.3. The van der Waals surface area contributed by atoms with Crippen molar-refractivity contribution >= 4 is 50.9 Å². The Morgan fingerprint density at radius 1 is 1.17 bits per heavy atom. The second-order valence-corrected chi connectivity index (χ2v) is 8.45. The van der Waals surface area contributed by atoms with Crippen molar-refractivity contribution in [2.24, 2.45) is 0 Å². The van der Waals surface area contributed by atoms with Crippen molar-refractivity contribution in [1.29, 1.82) is 0 Å². The van der Waals surface area contributed by atoms with Gasteiger partial charge in [0.25, 0.3) is 0 Å². The number of rotatable bonds is 4. The predicted molar refractivity (Wildman–Crippen MR) is 99.0 cm³/mol. The summed E-state index contributed by atoms with van der Waals surface area (Å²) in [6.07, 6.45) is -0.526. The number of thioether (sulfide) groups is 1. The first-order valence-electron chi connectivity index (χ1n) is 8.17. The van der Waals surface area contributed by atoms with Crippen LogP contribution in [0.1, 0.15) is 11.4 Å². The summed E-state index contributed by atoms with van der Waals surface area (Å²) in [5.41, 5.74) is -0.295. The number of thiazole rings is 1. The lowest BCUT2D eigenvalue weighted by atomic mass is 10.2. The van der Waals surface area contributed by atoms with Gasteiger partial charge in [0.05, 0.1) is 33.5 Å². The zero-order valence-corrected chi connectivity index (χ0v) is 15.9. The summed E-state index contributed by atoms with van der Waals surface area (Å²) in [5.74, 6) is -6.12. The molecule has 0 fully saturated rings. The fraction of sp³-hybridized carbons (Fsp3) is 0.167. The maximum atomic E-state index is 14.3. The standard InChI is InChI=1S/C18H10F4N2O3S2/c19-7-2-1-3-10-16(7)28-11(5-13(25)26)18(27)24(10)6-12-23-15-14(22)8(20)4-9(21)17(15)29-12/h1-4,11H,5-6H2,(H,25,26). The molecular formula is C18H10F4N2O3S2. The van der Waals surface area contributed by atoms with Gasteiger partial charge in [0, 0.05) is 6.07 Å². The molecule has 1 unspecified atom stereocenters. The Morgan fingerprint density at radius 3 is 2.66 bits per heavy atom. The zero-order valence-electron chi connectivity index (χ0n) is 14.3. The molecule has 4 rings (SSSR count). The molecule has 3 aromatic rings. The molecule has 0 radical (unpaired) electrons. The number of hydrogen-bond donors (Lipinski definition) is 1. The maximum Gasteiger partial charge on any atom is 0.305 e. The van der Waals surface area contributed by atoms with Crippen molar-refractivity contribution in [3.63, 3.8) is 0 Å². The third-order valence-corrected chi connectivity index (χ3v) is 6.59. The van der Waals surface area contributed by atoms with Crippen LogP contribution in [-0.2, 0) is 16.1 Å². The monoisotopic (exact) mass is 442 g/mol. The molecule has 0 saturated heterocycles. The molecule has 29 heavy (non-hydrogen) atoms. The molecular weight excluding hydrogens is 432 g/mol. The lowest BCUT2D eigenvalue weighted by Crippen LogP contribution is -2.41. The number of aliphatic carboxylic acids is 1. The number of amides is 1. The van der Waals surface area contributed by atoms with Crippen LogP contribution in [0.4, 0.5) is 23.2 Å². The van der Waals surface area contributed by atoms with E-state index in [-0.39, 0.29) is 26.8 Å². The number of anilines is 1. The summed E-state index contributed by atoms with van der Waals surface area (Å²) in [5, 5.41) is 8.07. The van der Waals surface area contributed by atoms with Gasteiger partial charge >= 0.3 is 5.97 Å². The molecule has 150 valence electrons. The van der Waals surface area contributed by atoms with Crippen LogP contribution in [0.2, 0.25) is 0 Å². The van der Waals surface area contributed by atoms with Crippen LogP contribution in [0.15, 0.2) is 29.2 Å². The molecule has 1 aromatic heterocycles. The molecule has 2 aromatic carbocycles. The molecule has 0 bridgehead atoms. The van der Waals surface area contributed by atoms with E-state index in [1.165, 1.54) is 18.2 Å². The van der Waals surface area contributed by atoms with Crippen LogP contribution in [-0.4, -0.2) is 27.2 Å². The average molecular weight is 442 g/mol. The van der Waals surface area contributed by atoms with E-state index < -0.39 is 52.3 Å². The molecule has 1 N–H and O–H groups in total. The number of fused-ring (bicyclic) bond motifs is 2. The van der Waals surface area contributed by atoms with Crippen LogP contribution in [0.3, 0.4) is 0 Å². The number of carbonyl (C=O) groups is 2. The third-order valence-electron chi connectivity index (χ3n) is 4.25. The normalized spacial score (nSPS) is 16.3. The first-order chi connectivity index (χ1) is 13.8. The molecule has 1 aliphatic rings. The largest absolute Gasteiger partial charge is 0.481 e. The Hall–Kier alpha value is -2.66. The zero-order chi connectivity index (χ0) is 20.9. The van der Waals surface area contributed by atoms with E-state index in [0.29, 0.717) is 6.07 Å². The van der Waals surface area contributed by atoms with E-state index in [2.05, 4.69) is 4.98 Å². The lowest BCUT2D eigenvalue weighted by molar-refractivity contribution is -0.138. The minimum Gasteiger partial charge on any atom is -0.481 e. The Bertz CT molecular complexity index is 1170. The van der Waals surface area contributed by atoms with Gasteiger partial charge in [0.2, 0.25) is 5.91 Å². The minimum atomic E-state index is -1.38. The number of nitrogens with zero attached hydrogens (tertiary/aromatic N) is 2. The number of aromatic nitrogens is 1. The molecule has 1 atom stereocenters. The third kappa shape index (κ3) is 3.44. The van der Waals surface area contributed by atoms with Gasteiger partial charge in [-0.05, 0) is 12.1 Å². The van der Waals surface area contributed by atoms with Crippen LogP contribution in [0, 0.1) is 23.3 Å². The number of carboxylic acids is 1. The van der Waals surface area contributed by atoms with E-state index in [4.69, 9.17) is 5.11 Å². The number of carboxylic acid groups (broad SMARTS) is 1. The summed E-state index contributed by atoms with van der Waals surface area (Å²) in [7, 11) is 0. The van der Waals surface area contributed by atoms with E-state index in [9.17, 15) is 27.2 Å². The Balaban J connectivity index is 1.77. The fourth-order valence-corrected chi connectivity index (χ4v) is 5.17. The van der Waals surface area contributed by atoms with E-state index in [1.807, 2.05) is 0 Å². The molecule has 1 aliphatic heterocycles. The molecule has 1 amide bonds. The fourth-order valence-electron chi connectivity index (χ4n) is 2.99. The number of carbonyl (C=O) groups excluding carboxylic acids is 1. The van der Waals surface area contributed by atoms with Crippen LogP contribution >= 0.6 is 23.1 Å². The summed E-state index contributed by atoms with van der Waals surface area (Å²) in [6, 6.07) is 4.47. The van der Waals surface area contributed by atoms with Gasteiger partial charge in [-0.1, -0.05) is 6.07 Å². The van der Waals surface area contributed by atoms with Gasteiger partial charge in [0.15, 0.2) is 11.6 Å². The lowest BCUT2D eigenvalue weighted by Gasteiger charge is -2.32. The van der Waals surface area contributed by atoms with Crippen molar-refractivity contribution in [2.75, 3.05) is 4.90 Å². The van der Waals surface area contributed by atoms with Crippen molar-refractivity contribution < 1.29 is 32.3 Å². The number of halogens is 4. The van der Waals surface area contributed by atoms with Crippen molar-refractivity contribution in [3.05, 3.63) is 52.5 Å². The highest BCUT2D eigenvalue weighted by Crippen LogP contribution is 2.43. The topological polar surface area (TPSA) is 70.5 Å². The van der Waals surface area contributed by atoms with Gasteiger partial charge < -0.3 is 10.0 Å². The van der Waals surface area contributed by atoms with Gasteiger partial charge in [-0.25, -0.2) is 22.5 Å². The predicted octanol–water partition coefficient (Wildman–Crippen LogP) is 4.33. The average Bonchev–Trinajstić information content (AvgIpc) is 3.08. The SMILES string of the molecule is O=C(O)CC1Sc2c(F)cccc2N(Cc2nc3c(F)c(F)cc(F)c3s2)C1=O. The highest BCUT2D eigenvalue weighted by molar-refractivity contribution is 8.01. The number of benzene rings is 2. The quantitative estimate of drug-likeness (QED) is 0.481. The second-order valence-electron chi connectivity index (χ2n) is 6.16. The molecule has 5 nitrogen and oxygen atoms in total. The summed E-state index contributed by atoms with van der Waals surface area (Å²) >= 11 is 1.55. The van der Waals surface area contributed by atoms with Crippen molar-refractivity contribution in [3.8, 4) is 0 Å². The second kappa shape index (κ2) is 7.30. The molecule has 0 saturated carbocycles. The minimum absolute atomic E-state index is 0.0907. The van der Waals surface area contributed by atoms with Gasteiger partial charge in [-0.3, -0.25) is 9.59 Å². The Morgan fingerprint density at radius 2 is 1.93 bits per heavy atom. The van der Waals surface area contributed by atoms with E-state index >= 15 is 0 Å². The number of hydrogen-bond acceptors (Lipinski definition) is 5. The highest BCUT2D eigenvalue weighted by Gasteiger charge is 2.37. The molecule has 2 heterocycles. The van der Waals surface area contributed by atoms with E-state index in [1.54, 1.807) is 0 Å². The van der Waals surface area contributed by atoms with Gasteiger partial charge in [-0.15, -0.1) is 23.1 Å². The van der Waals surface area contributed by atoms with E-state index in [0.717, 1.165) is 28.0 Å². The summed E-state index contributed by atoms with van der Waals surface area (Å²) in [4.78, 5) is 29.1. The Labute approximate surface area is 169 Å². The van der Waals surface area contributed by atoms with Crippen LogP contribution in [0.5, 0.6) is 0 Å². The highest BCUT2D eigenvalue weighted by atomic mass is 32.2. The summed E-state index contributed by atoms with van der Waals surface area (Å²) < 4.78 is 55.4. The molecule has 0 aliphatic carbocycles. The smallest absolute Gasteiger partial charge is 0.305 e. The molecule has 11 heteroatoms. The Kier molecular flexibility index (Phi) is 4.95. The van der Waals surface area contributed by atoms with Gasteiger partial charge in [0.1, 0.15) is 22.2 Å².